The summed E-state index contributed by atoms with van der Waals surface area (Å²) in [6, 6.07) is 2.02. The average Bonchev–Trinajstić information content (AvgIpc) is 2.87. The summed E-state index contributed by atoms with van der Waals surface area (Å²) in [5.41, 5.74) is 3.02. The Bertz CT molecular complexity index is 621. The Kier molecular flexibility index (Phi) is 5.97. The molecular weight excluding hydrogens is 349 g/mol. The summed E-state index contributed by atoms with van der Waals surface area (Å²) < 4.78 is 3.13. The van der Waals surface area contributed by atoms with E-state index < -0.39 is 0 Å². The van der Waals surface area contributed by atoms with Gasteiger partial charge in [-0.2, -0.15) is 5.10 Å². The van der Waals surface area contributed by atoms with Crippen LogP contribution < -0.4 is 5.32 Å². The Morgan fingerprint density at radius 3 is 2.57 bits per heavy atom. The maximum atomic E-state index is 6.34. The van der Waals surface area contributed by atoms with Crippen LogP contribution in [-0.2, 0) is 13.5 Å². The van der Waals surface area contributed by atoms with E-state index in [9.17, 15) is 0 Å². The highest BCUT2D eigenvalue weighted by atomic mass is 35.5. The van der Waals surface area contributed by atoms with Gasteiger partial charge >= 0.3 is 0 Å². The zero-order valence-electron chi connectivity index (χ0n) is 12.2. The summed E-state index contributed by atoms with van der Waals surface area (Å²) in [5, 5.41) is 8.56. The van der Waals surface area contributed by atoms with Crippen LogP contribution in [0.5, 0.6) is 0 Å². The molecular formula is C14H18Cl3N3S. The highest BCUT2D eigenvalue weighted by Gasteiger charge is 2.21. The fourth-order valence-corrected chi connectivity index (χ4v) is 4.14. The molecule has 0 aliphatic rings. The number of aromatic nitrogens is 2. The van der Waals surface area contributed by atoms with E-state index in [1.165, 1.54) is 11.3 Å². The number of halogens is 3. The smallest absolute Gasteiger partial charge is 0.130 e. The van der Waals surface area contributed by atoms with Gasteiger partial charge in [-0.05, 0) is 32.4 Å². The molecule has 1 N–H and O–H groups in total. The predicted molar refractivity (Wildman–Crippen MR) is 92.0 cm³/mol. The largest absolute Gasteiger partial charge is 0.310 e. The second-order valence-electron chi connectivity index (χ2n) is 4.97. The van der Waals surface area contributed by atoms with Crippen molar-refractivity contribution in [1.82, 2.24) is 15.1 Å². The maximum absolute atomic E-state index is 6.34. The van der Waals surface area contributed by atoms with Crippen molar-refractivity contribution in [1.29, 1.82) is 0 Å². The third-order valence-corrected chi connectivity index (χ3v) is 5.37. The lowest BCUT2D eigenvalue weighted by molar-refractivity contribution is 0.530. The van der Waals surface area contributed by atoms with Crippen molar-refractivity contribution in [2.24, 2.45) is 7.05 Å². The lowest BCUT2D eigenvalue weighted by Crippen LogP contribution is -2.24. The Hall–Kier alpha value is -0.260. The Morgan fingerprint density at radius 1 is 1.38 bits per heavy atom. The summed E-state index contributed by atoms with van der Waals surface area (Å²) in [4.78, 5) is 0. The molecule has 7 heteroatoms. The first-order valence-electron chi connectivity index (χ1n) is 6.80. The number of rotatable bonds is 6. The van der Waals surface area contributed by atoms with Crippen LogP contribution in [0, 0.1) is 6.92 Å². The van der Waals surface area contributed by atoms with Gasteiger partial charge in [-0.25, -0.2) is 0 Å². The predicted octanol–water partition coefficient (Wildman–Crippen LogP) is 5.03. The molecule has 2 aromatic rings. The molecule has 1 unspecified atom stereocenters. The molecule has 0 amide bonds. The zero-order chi connectivity index (χ0) is 15.6. The van der Waals surface area contributed by atoms with Gasteiger partial charge in [0.25, 0.3) is 0 Å². The molecule has 0 aliphatic carbocycles. The lowest BCUT2D eigenvalue weighted by Gasteiger charge is -2.18. The summed E-state index contributed by atoms with van der Waals surface area (Å²) in [5.74, 6) is 0. The minimum absolute atomic E-state index is 0.0848. The van der Waals surface area contributed by atoms with Gasteiger partial charge in [-0.15, -0.1) is 11.3 Å². The number of nitrogens with zero attached hydrogens (tertiary/aromatic N) is 2. The zero-order valence-corrected chi connectivity index (χ0v) is 15.3. The topological polar surface area (TPSA) is 29.9 Å². The Balaban J connectivity index is 2.30. The molecule has 3 nitrogen and oxygen atoms in total. The third-order valence-electron chi connectivity index (χ3n) is 3.38. The van der Waals surface area contributed by atoms with Crippen molar-refractivity contribution in [2.75, 3.05) is 6.54 Å². The molecule has 1 atom stereocenters. The molecule has 0 fully saturated rings. The van der Waals surface area contributed by atoms with E-state index in [0.29, 0.717) is 9.49 Å². The molecule has 0 radical (unpaired) electrons. The molecule has 0 bridgehead atoms. The van der Waals surface area contributed by atoms with E-state index >= 15 is 0 Å². The van der Waals surface area contributed by atoms with E-state index in [1.54, 1.807) is 4.68 Å². The van der Waals surface area contributed by atoms with Gasteiger partial charge in [0.15, 0.2) is 0 Å². The molecule has 2 aromatic heterocycles. The van der Waals surface area contributed by atoms with E-state index in [2.05, 4.69) is 17.3 Å². The van der Waals surface area contributed by atoms with E-state index in [0.717, 1.165) is 40.5 Å². The average molecular weight is 367 g/mol. The van der Waals surface area contributed by atoms with Gasteiger partial charge in [0.2, 0.25) is 0 Å². The van der Waals surface area contributed by atoms with Gasteiger partial charge in [0.05, 0.1) is 14.4 Å². The van der Waals surface area contributed by atoms with Crippen molar-refractivity contribution in [3.8, 4) is 0 Å². The fourth-order valence-electron chi connectivity index (χ4n) is 2.31. The summed E-state index contributed by atoms with van der Waals surface area (Å²) in [7, 11) is 1.85. The molecule has 2 rings (SSSR count). The van der Waals surface area contributed by atoms with Gasteiger partial charge in [-0.3, -0.25) is 4.68 Å². The molecule has 0 aromatic carbocycles. The standard InChI is InChI=1S/C14H18Cl3N3S/c1-4-5-18-11(10-7-12(15)21-14(10)17)6-9-8(2)19-20(3)13(9)16/h7,11,18H,4-6H2,1-3H3. The Morgan fingerprint density at radius 2 is 2.10 bits per heavy atom. The van der Waals surface area contributed by atoms with E-state index in [4.69, 9.17) is 34.8 Å². The van der Waals surface area contributed by atoms with Crippen LogP contribution >= 0.6 is 46.1 Å². The fraction of sp³-hybridized carbons (Fsp3) is 0.500. The number of nitrogens with one attached hydrogen (secondary N) is 1. The normalized spacial score (nSPS) is 12.9. The Labute approximate surface area is 144 Å². The number of hydrogen-bond acceptors (Lipinski definition) is 3. The van der Waals surface area contributed by atoms with Crippen molar-refractivity contribution < 1.29 is 0 Å². The minimum Gasteiger partial charge on any atom is -0.310 e. The molecule has 0 saturated heterocycles. The third kappa shape index (κ3) is 3.93. The van der Waals surface area contributed by atoms with Crippen LogP contribution in [-0.4, -0.2) is 16.3 Å². The van der Waals surface area contributed by atoms with Crippen molar-refractivity contribution >= 4 is 46.1 Å². The van der Waals surface area contributed by atoms with Gasteiger partial charge in [0.1, 0.15) is 5.15 Å². The molecule has 116 valence electrons. The van der Waals surface area contributed by atoms with E-state index in [1.807, 2.05) is 20.0 Å². The molecule has 21 heavy (non-hydrogen) atoms. The first kappa shape index (κ1) is 17.1. The second-order valence-corrected chi connectivity index (χ2v) is 7.61. The van der Waals surface area contributed by atoms with Crippen molar-refractivity contribution in [2.45, 2.75) is 32.7 Å². The molecule has 2 heterocycles. The van der Waals surface area contributed by atoms with Crippen LogP contribution in [0.4, 0.5) is 0 Å². The van der Waals surface area contributed by atoms with Gasteiger partial charge < -0.3 is 5.32 Å². The monoisotopic (exact) mass is 365 g/mol. The summed E-state index contributed by atoms with van der Waals surface area (Å²) >= 11 is 20.1. The van der Waals surface area contributed by atoms with Gasteiger partial charge in [-0.1, -0.05) is 41.7 Å². The number of thiophene rings is 1. The molecule has 0 saturated carbocycles. The highest BCUT2D eigenvalue weighted by Crippen LogP contribution is 2.37. The quantitative estimate of drug-likeness (QED) is 0.776. The minimum atomic E-state index is 0.0848. The number of aryl methyl sites for hydroxylation is 2. The van der Waals surface area contributed by atoms with Crippen molar-refractivity contribution in [3.63, 3.8) is 0 Å². The maximum Gasteiger partial charge on any atom is 0.130 e. The SMILES string of the molecule is CCCNC(Cc1c(C)nn(C)c1Cl)c1cc(Cl)sc1Cl. The summed E-state index contributed by atoms with van der Waals surface area (Å²) in [6.07, 6.45) is 1.79. The molecule has 0 spiro atoms. The van der Waals surface area contributed by atoms with E-state index in [-0.39, 0.29) is 6.04 Å². The van der Waals surface area contributed by atoms with Crippen LogP contribution in [0.25, 0.3) is 0 Å². The van der Waals surface area contributed by atoms with Crippen LogP contribution in [0.1, 0.15) is 36.2 Å². The van der Waals surface area contributed by atoms with Crippen molar-refractivity contribution in [3.05, 3.63) is 36.7 Å². The number of hydrogen-bond donors (Lipinski definition) is 1. The van der Waals surface area contributed by atoms with Crippen LogP contribution in [0.15, 0.2) is 6.07 Å². The summed E-state index contributed by atoms with van der Waals surface area (Å²) in [6.45, 7) is 5.01. The van der Waals surface area contributed by atoms with Gasteiger partial charge in [0, 0.05) is 24.2 Å². The second kappa shape index (κ2) is 7.34. The van der Waals surface area contributed by atoms with Crippen LogP contribution in [0.3, 0.4) is 0 Å². The van der Waals surface area contributed by atoms with Crippen LogP contribution in [0.2, 0.25) is 13.8 Å². The first-order chi connectivity index (χ1) is 9.93. The first-order valence-corrected chi connectivity index (χ1v) is 8.75. The molecule has 0 aliphatic heterocycles. The lowest BCUT2D eigenvalue weighted by atomic mass is 10.0. The highest BCUT2D eigenvalue weighted by molar-refractivity contribution is 7.20.